The van der Waals surface area contributed by atoms with Crippen molar-refractivity contribution in [2.45, 2.75) is 39.0 Å². The average Bonchev–Trinajstić information content (AvgIpc) is 2.58. The SMILES string of the molecule is C[Si](C)(C)C#Cc1cc2n(c1)CCCC2=O. The van der Waals surface area contributed by atoms with Gasteiger partial charge in [0.1, 0.15) is 8.07 Å². The Morgan fingerprint density at radius 1 is 1.38 bits per heavy atom. The van der Waals surface area contributed by atoms with Gasteiger partial charge in [0.05, 0.1) is 5.69 Å². The minimum absolute atomic E-state index is 0.257. The number of hydrogen-bond donors (Lipinski definition) is 0. The molecular weight excluding hydrogens is 214 g/mol. The van der Waals surface area contributed by atoms with Crippen LogP contribution in [0.5, 0.6) is 0 Å². The second-order valence-corrected chi connectivity index (χ2v) is 10.1. The van der Waals surface area contributed by atoms with E-state index in [1.807, 2.05) is 16.8 Å². The fourth-order valence-corrected chi connectivity index (χ4v) is 2.32. The molecule has 2 nitrogen and oxygen atoms in total. The van der Waals surface area contributed by atoms with E-state index in [1.54, 1.807) is 0 Å². The van der Waals surface area contributed by atoms with E-state index in [0.717, 1.165) is 24.2 Å². The number of ketones is 1. The summed E-state index contributed by atoms with van der Waals surface area (Å²) in [4.78, 5) is 11.6. The molecule has 2 heterocycles. The zero-order valence-electron chi connectivity index (χ0n) is 10.1. The third kappa shape index (κ3) is 2.45. The predicted octanol–water partition coefficient (Wildman–Crippen LogP) is 2.69. The van der Waals surface area contributed by atoms with Crippen LogP contribution in [0.25, 0.3) is 0 Å². The molecule has 2 rings (SSSR count). The summed E-state index contributed by atoms with van der Waals surface area (Å²) in [7, 11) is -1.33. The van der Waals surface area contributed by atoms with Crippen molar-refractivity contribution >= 4 is 13.9 Å². The maximum Gasteiger partial charge on any atom is 0.179 e. The minimum Gasteiger partial charge on any atom is -0.344 e. The van der Waals surface area contributed by atoms with Crippen molar-refractivity contribution in [2.24, 2.45) is 0 Å². The summed E-state index contributed by atoms with van der Waals surface area (Å²) >= 11 is 0. The van der Waals surface area contributed by atoms with Crippen molar-refractivity contribution in [1.82, 2.24) is 4.57 Å². The Bertz CT molecular complexity index is 482. The summed E-state index contributed by atoms with van der Waals surface area (Å²) < 4.78 is 2.04. The third-order valence-corrected chi connectivity index (χ3v) is 3.44. The molecule has 0 spiro atoms. The number of nitrogens with zero attached hydrogens (tertiary/aromatic N) is 1. The van der Waals surface area contributed by atoms with Crippen molar-refractivity contribution in [3.05, 3.63) is 23.5 Å². The van der Waals surface area contributed by atoms with Crippen molar-refractivity contribution in [3.63, 3.8) is 0 Å². The van der Waals surface area contributed by atoms with Crippen molar-refractivity contribution in [3.8, 4) is 11.5 Å². The van der Waals surface area contributed by atoms with Crippen LogP contribution in [-0.2, 0) is 6.54 Å². The molecule has 1 aliphatic rings. The topological polar surface area (TPSA) is 22.0 Å². The first-order valence-corrected chi connectivity index (χ1v) is 9.22. The molecule has 16 heavy (non-hydrogen) atoms. The molecule has 0 atom stereocenters. The molecule has 0 unspecified atom stereocenters. The largest absolute Gasteiger partial charge is 0.344 e. The molecule has 1 aromatic heterocycles. The van der Waals surface area contributed by atoms with Crippen molar-refractivity contribution < 1.29 is 4.79 Å². The monoisotopic (exact) mass is 231 g/mol. The summed E-state index contributed by atoms with van der Waals surface area (Å²) in [5, 5.41) is 0. The van der Waals surface area contributed by atoms with Crippen LogP contribution in [0.15, 0.2) is 12.3 Å². The molecule has 3 heteroatoms. The number of hydrogen-bond acceptors (Lipinski definition) is 1. The number of fused-ring (bicyclic) bond motifs is 1. The van der Waals surface area contributed by atoms with Crippen molar-refractivity contribution in [1.29, 1.82) is 0 Å². The molecule has 0 saturated heterocycles. The number of aromatic nitrogens is 1. The highest BCUT2D eigenvalue weighted by atomic mass is 28.3. The second-order valence-electron chi connectivity index (χ2n) is 5.33. The first-order chi connectivity index (χ1) is 7.46. The van der Waals surface area contributed by atoms with Gasteiger partial charge < -0.3 is 4.57 Å². The zero-order valence-corrected chi connectivity index (χ0v) is 11.1. The first kappa shape index (κ1) is 11.2. The van der Waals surface area contributed by atoms with Gasteiger partial charge in [0.15, 0.2) is 5.78 Å². The van der Waals surface area contributed by atoms with E-state index in [-0.39, 0.29) is 5.78 Å². The van der Waals surface area contributed by atoms with Crippen LogP contribution in [0.1, 0.15) is 28.9 Å². The number of Topliss-reactive ketones (excluding diaryl/α,β-unsaturated/α-hetero) is 1. The van der Waals surface area contributed by atoms with E-state index in [2.05, 4.69) is 31.1 Å². The predicted molar refractivity (Wildman–Crippen MR) is 68.2 cm³/mol. The lowest BCUT2D eigenvalue weighted by Gasteiger charge is -2.12. The third-order valence-electron chi connectivity index (χ3n) is 2.57. The highest BCUT2D eigenvalue weighted by molar-refractivity contribution is 6.83. The lowest BCUT2D eigenvalue weighted by Crippen LogP contribution is -2.16. The average molecular weight is 231 g/mol. The van der Waals surface area contributed by atoms with E-state index in [1.165, 1.54) is 0 Å². The fraction of sp³-hybridized carbons (Fsp3) is 0.462. The summed E-state index contributed by atoms with van der Waals surface area (Å²) in [5.74, 6) is 3.46. The smallest absolute Gasteiger partial charge is 0.179 e. The van der Waals surface area contributed by atoms with E-state index < -0.39 is 8.07 Å². The van der Waals surface area contributed by atoms with Crippen LogP contribution in [0, 0.1) is 11.5 Å². The van der Waals surface area contributed by atoms with Gasteiger partial charge >= 0.3 is 0 Å². The number of carbonyl (C=O) groups is 1. The zero-order chi connectivity index (χ0) is 11.8. The molecule has 0 saturated carbocycles. The summed E-state index contributed by atoms with van der Waals surface area (Å²) in [6.07, 6.45) is 3.66. The Morgan fingerprint density at radius 2 is 2.12 bits per heavy atom. The maximum absolute atomic E-state index is 11.6. The summed E-state index contributed by atoms with van der Waals surface area (Å²) in [6, 6.07) is 1.94. The molecule has 0 N–H and O–H groups in total. The van der Waals surface area contributed by atoms with Crippen molar-refractivity contribution in [2.75, 3.05) is 0 Å². The van der Waals surface area contributed by atoms with Crippen LogP contribution in [0.4, 0.5) is 0 Å². The highest BCUT2D eigenvalue weighted by Crippen LogP contribution is 2.17. The Morgan fingerprint density at radius 3 is 2.75 bits per heavy atom. The molecule has 1 aromatic rings. The van der Waals surface area contributed by atoms with Crippen LogP contribution in [0.3, 0.4) is 0 Å². The Kier molecular flexibility index (Phi) is 2.77. The van der Waals surface area contributed by atoms with Gasteiger partial charge in [-0.05, 0) is 12.5 Å². The van der Waals surface area contributed by atoms with Crippen LogP contribution < -0.4 is 0 Å². The quantitative estimate of drug-likeness (QED) is 0.497. The molecule has 1 aliphatic heterocycles. The Hall–Kier alpha value is -1.27. The molecule has 84 valence electrons. The van der Waals surface area contributed by atoms with E-state index in [4.69, 9.17) is 0 Å². The molecular formula is C13H17NOSi. The summed E-state index contributed by atoms with van der Waals surface area (Å²) in [5.41, 5.74) is 5.16. The van der Waals surface area contributed by atoms with E-state index in [0.29, 0.717) is 6.42 Å². The van der Waals surface area contributed by atoms with Crippen LogP contribution >= 0.6 is 0 Å². The van der Waals surface area contributed by atoms with Gasteiger partial charge in [0, 0.05) is 24.7 Å². The van der Waals surface area contributed by atoms with E-state index in [9.17, 15) is 4.79 Å². The maximum atomic E-state index is 11.6. The van der Waals surface area contributed by atoms with Gasteiger partial charge in [-0.25, -0.2) is 0 Å². The molecule has 0 bridgehead atoms. The first-order valence-electron chi connectivity index (χ1n) is 5.72. The van der Waals surface area contributed by atoms with Gasteiger partial charge in [0.2, 0.25) is 0 Å². The van der Waals surface area contributed by atoms with Gasteiger partial charge in [-0.2, -0.15) is 0 Å². The standard InChI is InChI=1S/C13H17NOSi/c1-16(2,3)8-6-11-9-12-13(15)5-4-7-14(12)10-11/h9-10H,4-5,7H2,1-3H3. The van der Waals surface area contributed by atoms with Gasteiger partial charge in [-0.1, -0.05) is 25.6 Å². The molecule has 0 aliphatic carbocycles. The molecule has 0 aromatic carbocycles. The second kappa shape index (κ2) is 3.95. The lowest BCUT2D eigenvalue weighted by molar-refractivity contribution is 0.0955. The highest BCUT2D eigenvalue weighted by Gasteiger charge is 2.17. The van der Waals surface area contributed by atoms with E-state index >= 15 is 0 Å². The van der Waals surface area contributed by atoms with Gasteiger partial charge in [0.25, 0.3) is 0 Å². The number of carbonyl (C=O) groups excluding carboxylic acids is 1. The fourth-order valence-electron chi connectivity index (χ4n) is 1.80. The lowest BCUT2D eigenvalue weighted by atomic mass is 10.1. The number of aryl methyl sites for hydroxylation is 1. The molecule has 0 fully saturated rings. The van der Waals surface area contributed by atoms with Gasteiger partial charge in [-0.3, -0.25) is 4.79 Å². The van der Waals surface area contributed by atoms with Crippen LogP contribution in [0.2, 0.25) is 19.6 Å². The summed E-state index contributed by atoms with van der Waals surface area (Å²) in [6.45, 7) is 7.62. The normalized spacial score (nSPS) is 15.3. The molecule has 0 amide bonds. The Balaban J connectivity index is 2.31. The van der Waals surface area contributed by atoms with Gasteiger partial charge in [-0.15, -0.1) is 5.54 Å². The Labute approximate surface area is 97.7 Å². The molecule has 0 radical (unpaired) electrons. The van der Waals surface area contributed by atoms with Crippen LogP contribution in [-0.4, -0.2) is 18.4 Å². The number of rotatable bonds is 0. The minimum atomic E-state index is -1.33.